The van der Waals surface area contributed by atoms with Gasteiger partial charge in [-0.05, 0) is 35.7 Å². The largest absolute Gasteiger partial charge is 0.367 e. The zero-order valence-corrected chi connectivity index (χ0v) is 13.5. The topological polar surface area (TPSA) is 54.9 Å². The summed E-state index contributed by atoms with van der Waals surface area (Å²) in [6, 6.07) is 2.13. The molecule has 0 aliphatic heterocycles. The van der Waals surface area contributed by atoms with Gasteiger partial charge in [-0.3, -0.25) is 4.21 Å². The van der Waals surface area contributed by atoms with Crippen LogP contribution < -0.4 is 5.32 Å². The highest BCUT2D eigenvalue weighted by Crippen LogP contribution is 2.14. The molecule has 1 aromatic heterocycles. The minimum absolute atomic E-state index is 0.255. The first-order chi connectivity index (χ1) is 8.51. The Balaban J connectivity index is 2.62. The molecule has 1 N–H and O–H groups in total. The van der Waals surface area contributed by atoms with Crippen molar-refractivity contribution in [3.8, 4) is 0 Å². The van der Waals surface area contributed by atoms with Crippen LogP contribution in [-0.4, -0.2) is 32.2 Å². The molecule has 1 aromatic rings. The molecule has 102 valence electrons. The van der Waals surface area contributed by atoms with Gasteiger partial charge in [0.15, 0.2) is 0 Å². The zero-order valence-electron chi connectivity index (χ0n) is 11.1. The van der Waals surface area contributed by atoms with E-state index in [4.69, 9.17) is 0 Å². The Morgan fingerprint density at radius 2 is 2.22 bits per heavy atom. The molecule has 1 heterocycles. The third kappa shape index (κ3) is 5.91. The number of rotatable bonds is 7. The fourth-order valence-corrected chi connectivity index (χ4v) is 2.65. The summed E-state index contributed by atoms with van der Waals surface area (Å²) in [5.41, 5.74) is 0. The second-order valence-electron chi connectivity index (χ2n) is 4.35. The van der Waals surface area contributed by atoms with E-state index < -0.39 is 10.8 Å². The van der Waals surface area contributed by atoms with Crippen LogP contribution in [0.5, 0.6) is 0 Å². The number of hydrogen-bond acceptors (Lipinski definition) is 4. The van der Waals surface area contributed by atoms with E-state index in [0.29, 0.717) is 5.75 Å². The quantitative estimate of drug-likeness (QED) is 0.779. The van der Waals surface area contributed by atoms with Crippen molar-refractivity contribution in [3.63, 3.8) is 0 Å². The lowest BCUT2D eigenvalue weighted by atomic mass is 10.2. The molecular formula is C12H20BrN3OS. The molecule has 2 unspecified atom stereocenters. The van der Waals surface area contributed by atoms with Crippen LogP contribution in [-0.2, 0) is 17.2 Å². The van der Waals surface area contributed by atoms with Crippen LogP contribution in [0.25, 0.3) is 0 Å². The minimum atomic E-state index is -0.738. The molecular weight excluding hydrogens is 314 g/mol. The molecule has 0 aliphatic carbocycles. The monoisotopic (exact) mass is 333 g/mol. The summed E-state index contributed by atoms with van der Waals surface area (Å²) in [6.45, 7) is 4.18. The SMILES string of the molecule is CCCc1nc(Br)cc(NC(C)CCS(C)=O)n1. The number of aryl methyl sites for hydroxylation is 1. The van der Waals surface area contributed by atoms with Crippen LogP contribution in [0.3, 0.4) is 0 Å². The lowest BCUT2D eigenvalue weighted by Crippen LogP contribution is -2.19. The molecule has 0 amide bonds. The second-order valence-corrected chi connectivity index (χ2v) is 6.72. The Labute approximate surface area is 120 Å². The van der Waals surface area contributed by atoms with E-state index >= 15 is 0 Å². The molecule has 0 saturated carbocycles. The third-order valence-corrected chi connectivity index (χ3v) is 3.66. The highest BCUT2D eigenvalue weighted by molar-refractivity contribution is 9.10. The molecule has 2 atom stereocenters. The molecule has 0 radical (unpaired) electrons. The van der Waals surface area contributed by atoms with Crippen LogP contribution in [0.2, 0.25) is 0 Å². The van der Waals surface area contributed by atoms with Crippen molar-refractivity contribution in [1.29, 1.82) is 0 Å². The van der Waals surface area contributed by atoms with Crippen molar-refractivity contribution < 1.29 is 4.21 Å². The Morgan fingerprint density at radius 1 is 1.50 bits per heavy atom. The summed E-state index contributed by atoms with van der Waals surface area (Å²) >= 11 is 3.40. The summed E-state index contributed by atoms with van der Waals surface area (Å²) in [5, 5.41) is 3.32. The number of anilines is 1. The van der Waals surface area contributed by atoms with Crippen LogP contribution in [0.1, 0.15) is 32.5 Å². The van der Waals surface area contributed by atoms with Crippen LogP contribution >= 0.6 is 15.9 Å². The minimum Gasteiger partial charge on any atom is -0.367 e. The first-order valence-electron chi connectivity index (χ1n) is 6.11. The normalized spacial score (nSPS) is 14.2. The summed E-state index contributed by atoms with van der Waals surface area (Å²) < 4.78 is 11.8. The Morgan fingerprint density at radius 3 is 2.83 bits per heavy atom. The molecule has 0 fully saturated rings. The smallest absolute Gasteiger partial charge is 0.132 e. The number of aromatic nitrogens is 2. The summed E-state index contributed by atoms with van der Waals surface area (Å²) in [6.07, 6.45) is 4.50. The van der Waals surface area contributed by atoms with E-state index in [1.54, 1.807) is 6.26 Å². The van der Waals surface area contributed by atoms with E-state index in [1.807, 2.05) is 6.07 Å². The predicted octanol–water partition coefficient (Wildman–Crippen LogP) is 2.76. The lowest BCUT2D eigenvalue weighted by molar-refractivity contribution is 0.678. The van der Waals surface area contributed by atoms with E-state index in [1.165, 1.54) is 0 Å². The molecule has 18 heavy (non-hydrogen) atoms. The van der Waals surface area contributed by atoms with Gasteiger partial charge >= 0.3 is 0 Å². The first-order valence-corrected chi connectivity index (χ1v) is 8.63. The molecule has 1 rings (SSSR count). The van der Waals surface area contributed by atoms with Crippen LogP contribution in [0.4, 0.5) is 5.82 Å². The van der Waals surface area contributed by atoms with E-state index in [0.717, 1.165) is 35.5 Å². The van der Waals surface area contributed by atoms with Gasteiger partial charge in [0.2, 0.25) is 0 Å². The maximum atomic E-state index is 11.0. The van der Waals surface area contributed by atoms with E-state index in [2.05, 4.69) is 45.1 Å². The lowest BCUT2D eigenvalue weighted by Gasteiger charge is -2.14. The summed E-state index contributed by atoms with van der Waals surface area (Å²) in [4.78, 5) is 8.78. The number of halogens is 1. The molecule has 0 bridgehead atoms. The third-order valence-electron chi connectivity index (χ3n) is 2.45. The van der Waals surface area contributed by atoms with Crippen molar-refractivity contribution in [3.05, 3.63) is 16.5 Å². The number of nitrogens with zero attached hydrogens (tertiary/aromatic N) is 2. The van der Waals surface area contributed by atoms with E-state index in [-0.39, 0.29) is 6.04 Å². The highest BCUT2D eigenvalue weighted by atomic mass is 79.9. The average molecular weight is 334 g/mol. The second kappa shape index (κ2) is 7.84. The predicted molar refractivity (Wildman–Crippen MR) is 80.4 cm³/mol. The zero-order chi connectivity index (χ0) is 13.5. The van der Waals surface area contributed by atoms with Gasteiger partial charge in [0, 0.05) is 41.3 Å². The van der Waals surface area contributed by atoms with Crippen molar-refractivity contribution >= 4 is 32.5 Å². The Hall–Kier alpha value is -0.490. The molecule has 0 aromatic carbocycles. The van der Waals surface area contributed by atoms with Crippen LogP contribution in [0, 0.1) is 0 Å². The molecule has 0 saturated heterocycles. The van der Waals surface area contributed by atoms with E-state index in [9.17, 15) is 4.21 Å². The Bertz CT molecular complexity index is 414. The van der Waals surface area contributed by atoms with Gasteiger partial charge in [-0.2, -0.15) is 0 Å². The number of nitrogens with one attached hydrogen (secondary N) is 1. The molecule has 6 heteroatoms. The van der Waals surface area contributed by atoms with Gasteiger partial charge in [-0.1, -0.05) is 6.92 Å². The van der Waals surface area contributed by atoms with Crippen molar-refractivity contribution in [2.24, 2.45) is 0 Å². The molecule has 0 aliphatic rings. The standard InChI is InChI=1S/C12H20BrN3OS/c1-4-5-11-15-10(13)8-12(16-11)14-9(2)6-7-18(3)17/h8-9H,4-7H2,1-3H3,(H,14,15,16). The van der Waals surface area contributed by atoms with Gasteiger partial charge in [0.1, 0.15) is 16.2 Å². The van der Waals surface area contributed by atoms with Crippen LogP contribution in [0.15, 0.2) is 10.7 Å². The maximum Gasteiger partial charge on any atom is 0.132 e. The summed E-state index contributed by atoms with van der Waals surface area (Å²) in [7, 11) is -0.738. The van der Waals surface area contributed by atoms with Gasteiger partial charge in [-0.25, -0.2) is 9.97 Å². The molecule has 4 nitrogen and oxygen atoms in total. The van der Waals surface area contributed by atoms with Gasteiger partial charge in [0.25, 0.3) is 0 Å². The fraction of sp³-hybridized carbons (Fsp3) is 0.667. The maximum absolute atomic E-state index is 11.0. The van der Waals surface area contributed by atoms with Crippen molar-refractivity contribution in [1.82, 2.24) is 9.97 Å². The fourth-order valence-electron chi connectivity index (χ4n) is 1.54. The Kier molecular flexibility index (Phi) is 6.78. The van der Waals surface area contributed by atoms with Crippen molar-refractivity contribution in [2.45, 2.75) is 39.2 Å². The van der Waals surface area contributed by atoms with Gasteiger partial charge in [0.05, 0.1) is 0 Å². The average Bonchev–Trinajstić information content (AvgIpc) is 2.26. The van der Waals surface area contributed by atoms with Gasteiger partial charge in [-0.15, -0.1) is 0 Å². The molecule has 0 spiro atoms. The first kappa shape index (κ1) is 15.6. The number of hydrogen-bond donors (Lipinski definition) is 1. The summed E-state index contributed by atoms with van der Waals surface area (Å²) in [5.74, 6) is 2.39. The highest BCUT2D eigenvalue weighted by Gasteiger charge is 2.07. The van der Waals surface area contributed by atoms with Crippen molar-refractivity contribution in [2.75, 3.05) is 17.3 Å². The van der Waals surface area contributed by atoms with Gasteiger partial charge < -0.3 is 5.32 Å².